The maximum Gasteiger partial charge on any atom is 0.284 e. The molecule has 0 fully saturated rings. The number of hydrogen-bond donors (Lipinski definition) is 2. The van der Waals surface area contributed by atoms with Gasteiger partial charge in [0.1, 0.15) is 0 Å². The van der Waals surface area contributed by atoms with Crippen LogP contribution in [0.15, 0.2) is 29.3 Å². The van der Waals surface area contributed by atoms with E-state index in [0.29, 0.717) is 0 Å². The minimum absolute atomic E-state index is 0.206. The maximum atomic E-state index is 11.0. The molecule has 0 aliphatic carbocycles. The summed E-state index contributed by atoms with van der Waals surface area (Å²) in [5.41, 5.74) is 8.44. The van der Waals surface area contributed by atoms with E-state index < -0.39 is 5.91 Å². The van der Waals surface area contributed by atoms with Crippen molar-refractivity contribution in [3.63, 3.8) is 0 Å². The van der Waals surface area contributed by atoms with Crippen molar-refractivity contribution in [2.75, 3.05) is 5.75 Å². The SMILES string of the molecule is NC(=O)c1ncc(-c2ccc3c(c2)CCCS3)[nH]1. The molecule has 0 bridgehead atoms. The first-order valence-electron chi connectivity index (χ1n) is 5.85. The molecular formula is C13H13N3OS. The van der Waals surface area contributed by atoms with Gasteiger partial charge >= 0.3 is 0 Å². The molecule has 1 aliphatic rings. The van der Waals surface area contributed by atoms with Gasteiger partial charge in [0.25, 0.3) is 5.91 Å². The Morgan fingerprint density at radius 1 is 1.44 bits per heavy atom. The number of fused-ring (bicyclic) bond motifs is 1. The quantitative estimate of drug-likeness (QED) is 0.868. The van der Waals surface area contributed by atoms with Gasteiger partial charge in [0.05, 0.1) is 11.9 Å². The number of carbonyl (C=O) groups excluding carboxylic acids is 1. The van der Waals surface area contributed by atoms with Crippen LogP contribution in [0, 0.1) is 0 Å². The van der Waals surface area contributed by atoms with Crippen LogP contribution >= 0.6 is 11.8 Å². The Balaban J connectivity index is 1.98. The van der Waals surface area contributed by atoms with E-state index in [-0.39, 0.29) is 5.82 Å². The van der Waals surface area contributed by atoms with Crippen LogP contribution in [0.5, 0.6) is 0 Å². The summed E-state index contributed by atoms with van der Waals surface area (Å²) in [5.74, 6) is 0.870. The monoisotopic (exact) mass is 259 g/mol. The summed E-state index contributed by atoms with van der Waals surface area (Å²) in [6.45, 7) is 0. The number of thioether (sulfide) groups is 1. The fraction of sp³-hybridized carbons (Fsp3) is 0.231. The Labute approximate surface area is 109 Å². The van der Waals surface area contributed by atoms with Crippen LogP contribution in [0.1, 0.15) is 22.6 Å². The molecule has 0 spiro atoms. The lowest BCUT2D eigenvalue weighted by atomic mass is 10.0. The van der Waals surface area contributed by atoms with E-state index in [9.17, 15) is 4.79 Å². The molecule has 5 heteroatoms. The minimum Gasteiger partial charge on any atom is -0.363 e. The molecular weight excluding hydrogens is 246 g/mol. The summed E-state index contributed by atoms with van der Waals surface area (Å²) in [7, 11) is 0. The van der Waals surface area contributed by atoms with Gasteiger partial charge in [-0.1, -0.05) is 6.07 Å². The van der Waals surface area contributed by atoms with E-state index in [1.54, 1.807) is 6.20 Å². The second-order valence-electron chi connectivity index (χ2n) is 4.28. The molecule has 1 aliphatic heterocycles. The molecule has 92 valence electrons. The van der Waals surface area contributed by atoms with Gasteiger partial charge in [-0.2, -0.15) is 0 Å². The molecule has 0 saturated carbocycles. The van der Waals surface area contributed by atoms with E-state index in [0.717, 1.165) is 17.7 Å². The molecule has 1 amide bonds. The average Bonchev–Trinajstić information content (AvgIpc) is 2.88. The molecule has 2 heterocycles. The first-order chi connectivity index (χ1) is 8.74. The number of benzene rings is 1. The van der Waals surface area contributed by atoms with Crippen molar-refractivity contribution in [1.82, 2.24) is 9.97 Å². The van der Waals surface area contributed by atoms with Crippen LogP contribution in [-0.2, 0) is 6.42 Å². The van der Waals surface area contributed by atoms with Crippen LogP contribution in [-0.4, -0.2) is 21.6 Å². The number of nitrogens with one attached hydrogen (secondary N) is 1. The van der Waals surface area contributed by atoms with Crippen molar-refractivity contribution in [2.45, 2.75) is 17.7 Å². The molecule has 0 atom stereocenters. The Morgan fingerprint density at radius 2 is 2.33 bits per heavy atom. The number of nitrogens with zero attached hydrogens (tertiary/aromatic N) is 1. The molecule has 3 N–H and O–H groups in total. The summed E-state index contributed by atoms with van der Waals surface area (Å²) in [6.07, 6.45) is 3.99. The van der Waals surface area contributed by atoms with Gasteiger partial charge in [-0.05, 0) is 41.9 Å². The van der Waals surface area contributed by atoms with Crippen LogP contribution in [0.4, 0.5) is 0 Å². The number of rotatable bonds is 2. The Kier molecular flexibility index (Phi) is 2.83. The van der Waals surface area contributed by atoms with Crippen LogP contribution < -0.4 is 5.73 Å². The zero-order chi connectivity index (χ0) is 12.5. The van der Waals surface area contributed by atoms with E-state index in [2.05, 4.69) is 28.2 Å². The van der Waals surface area contributed by atoms with Crippen molar-refractivity contribution in [3.8, 4) is 11.3 Å². The largest absolute Gasteiger partial charge is 0.363 e. The fourth-order valence-electron chi connectivity index (χ4n) is 2.12. The number of aryl methyl sites for hydroxylation is 1. The average molecular weight is 259 g/mol. The normalized spacial score (nSPS) is 14.2. The second-order valence-corrected chi connectivity index (χ2v) is 5.42. The van der Waals surface area contributed by atoms with Gasteiger partial charge in [-0.15, -0.1) is 11.8 Å². The maximum absolute atomic E-state index is 11.0. The lowest BCUT2D eigenvalue weighted by Gasteiger charge is -2.15. The fourth-order valence-corrected chi connectivity index (χ4v) is 3.14. The third kappa shape index (κ3) is 2.01. The number of imidazole rings is 1. The van der Waals surface area contributed by atoms with Gasteiger partial charge in [-0.25, -0.2) is 4.98 Å². The summed E-state index contributed by atoms with van der Waals surface area (Å²) in [6, 6.07) is 6.36. The molecule has 3 rings (SSSR count). The summed E-state index contributed by atoms with van der Waals surface area (Å²) < 4.78 is 0. The minimum atomic E-state index is -0.533. The number of carbonyl (C=O) groups is 1. The third-order valence-electron chi connectivity index (χ3n) is 3.03. The summed E-state index contributed by atoms with van der Waals surface area (Å²) >= 11 is 1.90. The zero-order valence-electron chi connectivity index (χ0n) is 9.77. The Bertz CT molecular complexity index is 606. The molecule has 0 radical (unpaired) electrons. The Morgan fingerprint density at radius 3 is 3.11 bits per heavy atom. The van der Waals surface area contributed by atoms with Gasteiger partial charge in [0.15, 0.2) is 5.82 Å². The van der Waals surface area contributed by atoms with Gasteiger partial charge < -0.3 is 10.7 Å². The lowest BCUT2D eigenvalue weighted by Crippen LogP contribution is -2.12. The predicted octanol–water partition coefficient (Wildman–Crippen LogP) is 2.21. The van der Waals surface area contributed by atoms with E-state index in [1.165, 1.54) is 22.6 Å². The molecule has 0 saturated heterocycles. The number of nitrogens with two attached hydrogens (primary N) is 1. The first-order valence-corrected chi connectivity index (χ1v) is 6.83. The molecule has 0 unspecified atom stereocenters. The number of primary amides is 1. The van der Waals surface area contributed by atoms with Crippen molar-refractivity contribution in [3.05, 3.63) is 35.8 Å². The molecule has 2 aromatic rings. The molecule has 1 aromatic heterocycles. The number of amides is 1. The Hall–Kier alpha value is -1.75. The molecule has 4 nitrogen and oxygen atoms in total. The predicted molar refractivity (Wildman–Crippen MR) is 71.6 cm³/mol. The first kappa shape index (κ1) is 11.3. The number of aromatic amines is 1. The smallest absolute Gasteiger partial charge is 0.284 e. The van der Waals surface area contributed by atoms with Crippen LogP contribution in [0.25, 0.3) is 11.3 Å². The highest BCUT2D eigenvalue weighted by atomic mass is 32.2. The third-order valence-corrected chi connectivity index (χ3v) is 4.23. The van der Waals surface area contributed by atoms with E-state index >= 15 is 0 Å². The summed E-state index contributed by atoms with van der Waals surface area (Å²) in [4.78, 5) is 19.3. The lowest BCUT2D eigenvalue weighted by molar-refractivity contribution is 0.0991. The van der Waals surface area contributed by atoms with E-state index in [1.807, 2.05) is 11.8 Å². The van der Waals surface area contributed by atoms with Crippen molar-refractivity contribution < 1.29 is 4.79 Å². The van der Waals surface area contributed by atoms with E-state index in [4.69, 9.17) is 5.73 Å². The second kappa shape index (κ2) is 4.49. The highest BCUT2D eigenvalue weighted by Crippen LogP contribution is 2.32. The zero-order valence-corrected chi connectivity index (χ0v) is 10.6. The van der Waals surface area contributed by atoms with Crippen molar-refractivity contribution in [1.29, 1.82) is 0 Å². The number of aromatic nitrogens is 2. The standard InChI is InChI=1S/C13H13N3OS/c14-12(17)13-15-7-10(16-13)8-3-4-11-9(6-8)2-1-5-18-11/h3-4,6-7H,1-2,5H2,(H2,14,17)(H,15,16). The number of hydrogen-bond acceptors (Lipinski definition) is 3. The highest BCUT2D eigenvalue weighted by Gasteiger charge is 2.12. The van der Waals surface area contributed by atoms with Gasteiger partial charge in [0, 0.05) is 4.90 Å². The highest BCUT2D eigenvalue weighted by molar-refractivity contribution is 7.99. The number of H-pyrrole nitrogens is 1. The van der Waals surface area contributed by atoms with Crippen LogP contribution in [0.2, 0.25) is 0 Å². The van der Waals surface area contributed by atoms with Crippen molar-refractivity contribution >= 4 is 17.7 Å². The summed E-state index contributed by atoms with van der Waals surface area (Å²) in [5, 5.41) is 0. The van der Waals surface area contributed by atoms with Gasteiger partial charge in [-0.3, -0.25) is 4.79 Å². The van der Waals surface area contributed by atoms with Gasteiger partial charge in [0.2, 0.25) is 0 Å². The molecule has 18 heavy (non-hydrogen) atoms. The van der Waals surface area contributed by atoms with Crippen LogP contribution in [0.3, 0.4) is 0 Å². The van der Waals surface area contributed by atoms with Crippen molar-refractivity contribution in [2.24, 2.45) is 5.73 Å². The topological polar surface area (TPSA) is 71.8 Å². The molecule has 1 aromatic carbocycles.